The van der Waals surface area contributed by atoms with Crippen molar-refractivity contribution in [2.45, 2.75) is 36.9 Å². The number of halogens is 1. The van der Waals surface area contributed by atoms with Gasteiger partial charge in [-0.15, -0.1) is 10.2 Å². The standard InChI is InChI=1S/C24H25FN6O5S/c1-34-17-8-5-9-18(35-2)21(17)31-23(19-10-6-12-36-19)28-29-24(31)30-37(32,33)20-11-4-3-7-16(20)22-26-13-15(25)14-27-22/h5-6,8-10,12-14,16,20H,3-4,7,11H2,1-2H3,(H,29,30)/t16-,20+/m1/s1. The number of furan rings is 1. The Labute approximate surface area is 212 Å². The van der Waals surface area contributed by atoms with Gasteiger partial charge in [0.15, 0.2) is 11.6 Å². The quantitative estimate of drug-likeness (QED) is 0.361. The second-order valence-electron chi connectivity index (χ2n) is 8.51. The first-order chi connectivity index (χ1) is 17.9. The molecule has 1 saturated carbocycles. The van der Waals surface area contributed by atoms with Crippen LogP contribution in [0.1, 0.15) is 37.4 Å². The summed E-state index contributed by atoms with van der Waals surface area (Å²) in [6, 6.07) is 8.55. The molecule has 0 aliphatic heterocycles. The van der Waals surface area contributed by atoms with Crippen LogP contribution in [-0.4, -0.2) is 52.6 Å². The number of hydrogen-bond donors (Lipinski definition) is 1. The second-order valence-corrected chi connectivity index (χ2v) is 10.4. The van der Waals surface area contributed by atoms with Crippen LogP contribution >= 0.6 is 0 Å². The first-order valence-corrected chi connectivity index (χ1v) is 13.2. The van der Waals surface area contributed by atoms with E-state index < -0.39 is 27.0 Å². The smallest absolute Gasteiger partial charge is 0.243 e. The fraction of sp³-hybridized carbons (Fsp3) is 0.333. The molecule has 0 bridgehead atoms. The number of sulfonamides is 1. The van der Waals surface area contributed by atoms with Crippen LogP contribution in [0.4, 0.5) is 10.3 Å². The van der Waals surface area contributed by atoms with E-state index in [4.69, 9.17) is 13.9 Å². The number of para-hydroxylation sites is 1. The van der Waals surface area contributed by atoms with Gasteiger partial charge in [0.25, 0.3) is 0 Å². The number of nitrogens with one attached hydrogen (secondary N) is 1. The average Bonchev–Trinajstić information content (AvgIpc) is 3.58. The summed E-state index contributed by atoms with van der Waals surface area (Å²) in [6.07, 6.45) is 6.05. The molecule has 3 aromatic heterocycles. The molecule has 1 aliphatic carbocycles. The number of aromatic nitrogens is 5. The fourth-order valence-corrected chi connectivity index (χ4v) is 6.37. The molecule has 0 spiro atoms. The van der Waals surface area contributed by atoms with Gasteiger partial charge in [-0.2, -0.15) is 0 Å². The molecule has 1 aliphatic rings. The normalized spacial score (nSPS) is 17.9. The lowest BCUT2D eigenvalue weighted by atomic mass is 9.88. The van der Waals surface area contributed by atoms with Crippen molar-refractivity contribution in [3.05, 3.63) is 60.6 Å². The van der Waals surface area contributed by atoms with E-state index in [0.717, 1.165) is 18.8 Å². The Bertz CT molecular complexity index is 1450. The molecule has 3 heterocycles. The maximum atomic E-state index is 13.8. The predicted molar refractivity (Wildman–Crippen MR) is 132 cm³/mol. The van der Waals surface area contributed by atoms with Gasteiger partial charge in [0.1, 0.15) is 23.0 Å². The van der Waals surface area contributed by atoms with Gasteiger partial charge in [-0.3, -0.25) is 9.29 Å². The Kier molecular flexibility index (Phi) is 6.78. The molecule has 1 fully saturated rings. The van der Waals surface area contributed by atoms with Crippen LogP contribution in [0, 0.1) is 5.82 Å². The van der Waals surface area contributed by atoms with Crippen molar-refractivity contribution < 1.29 is 26.7 Å². The van der Waals surface area contributed by atoms with Crippen LogP contribution in [-0.2, 0) is 10.0 Å². The molecule has 5 rings (SSSR count). The van der Waals surface area contributed by atoms with Gasteiger partial charge in [0.2, 0.25) is 21.8 Å². The highest BCUT2D eigenvalue weighted by atomic mass is 32.2. The molecule has 11 nitrogen and oxygen atoms in total. The number of rotatable bonds is 8. The SMILES string of the molecule is COc1cccc(OC)c1-n1c(NS(=O)(=O)[C@H]2CCCC[C@H]2c2ncc(F)cn2)nnc1-c1ccco1. The van der Waals surface area contributed by atoms with E-state index in [1.807, 2.05) is 0 Å². The fourth-order valence-electron chi connectivity index (χ4n) is 4.66. The number of hydrogen-bond acceptors (Lipinski definition) is 9. The van der Waals surface area contributed by atoms with E-state index in [2.05, 4.69) is 24.9 Å². The van der Waals surface area contributed by atoms with Crippen molar-refractivity contribution in [2.24, 2.45) is 0 Å². The summed E-state index contributed by atoms with van der Waals surface area (Å²) in [6.45, 7) is 0. The van der Waals surface area contributed by atoms with E-state index in [1.165, 1.54) is 25.0 Å². The molecule has 4 aromatic rings. The Hall–Kier alpha value is -4.00. The maximum Gasteiger partial charge on any atom is 0.243 e. The molecule has 0 saturated heterocycles. The van der Waals surface area contributed by atoms with Crippen LogP contribution in [0.15, 0.2) is 53.4 Å². The first-order valence-electron chi connectivity index (χ1n) is 11.6. The summed E-state index contributed by atoms with van der Waals surface area (Å²) in [5, 5.41) is 7.52. The highest BCUT2D eigenvalue weighted by molar-refractivity contribution is 7.93. The monoisotopic (exact) mass is 528 g/mol. The lowest BCUT2D eigenvalue weighted by molar-refractivity contribution is 0.391. The maximum absolute atomic E-state index is 13.8. The Morgan fingerprint density at radius 2 is 1.73 bits per heavy atom. The van der Waals surface area contributed by atoms with Crippen molar-refractivity contribution in [1.82, 2.24) is 24.7 Å². The third-order valence-corrected chi connectivity index (χ3v) is 8.17. The number of nitrogens with zero attached hydrogens (tertiary/aromatic N) is 5. The van der Waals surface area contributed by atoms with Gasteiger partial charge >= 0.3 is 0 Å². The molecule has 1 N–H and O–H groups in total. The summed E-state index contributed by atoms with van der Waals surface area (Å²) < 4.78 is 61.8. The van der Waals surface area contributed by atoms with Crippen LogP contribution in [0.5, 0.6) is 11.5 Å². The number of ether oxygens (including phenoxy) is 2. The third kappa shape index (κ3) is 4.73. The minimum Gasteiger partial charge on any atom is -0.494 e. The molecule has 0 unspecified atom stereocenters. The molecular formula is C24H25FN6O5S. The molecule has 13 heteroatoms. The molecule has 1 aromatic carbocycles. The second kappa shape index (κ2) is 10.2. The zero-order valence-corrected chi connectivity index (χ0v) is 21.0. The van der Waals surface area contributed by atoms with Crippen molar-refractivity contribution in [2.75, 3.05) is 18.9 Å². The summed E-state index contributed by atoms with van der Waals surface area (Å²) in [7, 11) is -1.04. The predicted octanol–water partition coefficient (Wildman–Crippen LogP) is 3.94. The lowest BCUT2D eigenvalue weighted by Crippen LogP contribution is -2.37. The zero-order chi connectivity index (χ0) is 26.0. The molecule has 0 amide bonds. The average molecular weight is 529 g/mol. The van der Waals surface area contributed by atoms with Crippen molar-refractivity contribution in [3.63, 3.8) is 0 Å². The van der Waals surface area contributed by atoms with E-state index in [0.29, 0.717) is 48.0 Å². The molecule has 37 heavy (non-hydrogen) atoms. The lowest BCUT2D eigenvalue weighted by Gasteiger charge is -2.30. The Morgan fingerprint density at radius 1 is 1.03 bits per heavy atom. The first kappa shape index (κ1) is 24.7. The van der Waals surface area contributed by atoms with E-state index in [9.17, 15) is 12.8 Å². The minimum atomic E-state index is -4.03. The van der Waals surface area contributed by atoms with Gasteiger partial charge in [-0.1, -0.05) is 18.9 Å². The van der Waals surface area contributed by atoms with Gasteiger partial charge in [-0.25, -0.2) is 22.8 Å². The van der Waals surface area contributed by atoms with Crippen LogP contribution in [0.2, 0.25) is 0 Å². The summed E-state index contributed by atoms with van der Waals surface area (Å²) in [5.41, 5.74) is 0.392. The van der Waals surface area contributed by atoms with Gasteiger partial charge in [0.05, 0.1) is 38.1 Å². The van der Waals surface area contributed by atoms with Crippen LogP contribution in [0.25, 0.3) is 17.3 Å². The Morgan fingerprint density at radius 3 is 2.38 bits per heavy atom. The van der Waals surface area contributed by atoms with Gasteiger partial charge in [0, 0.05) is 5.92 Å². The molecular weight excluding hydrogens is 503 g/mol. The number of anilines is 1. The van der Waals surface area contributed by atoms with Gasteiger partial charge in [-0.05, 0) is 37.1 Å². The van der Waals surface area contributed by atoms with E-state index in [1.54, 1.807) is 30.3 Å². The molecule has 2 atom stereocenters. The van der Waals surface area contributed by atoms with E-state index in [-0.39, 0.29) is 11.8 Å². The zero-order valence-electron chi connectivity index (χ0n) is 20.2. The minimum absolute atomic E-state index is 0.0708. The topological polar surface area (TPSA) is 134 Å². The van der Waals surface area contributed by atoms with Crippen LogP contribution in [0.3, 0.4) is 0 Å². The van der Waals surface area contributed by atoms with E-state index >= 15 is 0 Å². The van der Waals surface area contributed by atoms with Crippen molar-refractivity contribution in [1.29, 1.82) is 0 Å². The highest BCUT2D eigenvalue weighted by Gasteiger charge is 2.39. The Balaban J connectivity index is 1.60. The molecule has 0 radical (unpaired) electrons. The molecule has 194 valence electrons. The van der Waals surface area contributed by atoms with Crippen molar-refractivity contribution >= 4 is 16.0 Å². The van der Waals surface area contributed by atoms with Gasteiger partial charge < -0.3 is 13.9 Å². The summed E-state index contributed by atoms with van der Waals surface area (Å²) in [5.74, 6) is 0.549. The number of benzene rings is 1. The summed E-state index contributed by atoms with van der Waals surface area (Å²) in [4.78, 5) is 8.13. The largest absolute Gasteiger partial charge is 0.494 e. The number of methoxy groups -OCH3 is 2. The third-order valence-electron chi connectivity index (χ3n) is 6.34. The highest BCUT2D eigenvalue weighted by Crippen LogP contribution is 2.40. The van der Waals surface area contributed by atoms with Crippen LogP contribution < -0.4 is 14.2 Å². The summed E-state index contributed by atoms with van der Waals surface area (Å²) >= 11 is 0. The van der Waals surface area contributed by atoms with Crippen molar-refractivity contribution in [3.8, 4) is 28.8 Å².